The normalized spacial score (nSPS) is 10.1. The molecule has 0 spiro atoms. The van der Waals surface area contributed by atoms with Crippen LogP contribution in [0.4, 0.5) is 10.5 Å². The molecule has 0 bridgehead atoms. The van der Waals surface area contributed by atoms with Gasteiger partial charge < -0.3 is 10.4 Å². The predicted molar refractivity (Wildman–Crippen MR) is 75.8 cm³/mol. The molecule has 0 saturated heterocycles. The van der Waals surface area contributed by atoms with Gasteiger partial charge in [-0.05, 0) is 12.1 Å². The number of para-hydroxylation sites is 1. The summed E-state index contributed by atoms with van der Waals surface area (Å²) in [5, 5.41) is 13.9. The van der Waals surface area contributed by atoms with Crippen molar-refractivity contribution < 1.29 is 19.5 Å². The zero-order chi connectivity index (χ0) is 15.2. The van der Waals surface area contributed by atoms with Crippen LogP contribution < -0.4 is 10.6 Å². The molecule has 2 rings (SSSR count). The SMILES string of the molecule is O=C(O)CCC(=O)NC(=O)Nc1cccc2cccnc12. The lowest BCUT2D eigenvalue weighted by Crippen LogP contribution is -2.34. The van der Waals surface area contributed by atoms with Crippen molar-refractivity contribution in [2.45, 2.75) is 12.8 Å². The van der Waals surface area contributed by atoms with Crippen molar-refractivity contribution >= 4 is 34.5 Å². The van der Waals surface area contributed by atoms with Crippen LogP contribution in [0.1, 0.15) is 12.8 Å². The second kappa shape index (κ2) is 6.47. The predicted octanol–water partition coefficient (Wildman–Crippen LogP) is 1.75. The monoisotopic (exact) mass is 287 g/mol. The highest BCUT2D eigenvalue weighted by atomic mass is 16.4. The third-order valence-corrected chi connectivity index (χ3v) is 2.70. The van der Waals surface area contributed by atoms with Gasteiger partial charge in [-0.2, -0.15) is 0 Å². The van der Waals surface area contributed by atoms with E-state index in [1.54, 1.807) is 24.4 Å². The molecule has 0 fully saturated rings. The fourth-order valence-corrected chi connectivity index (χ4v) is 1.77. The summed E-state index contributed by atoms with van der Waals surface area (Å²) in [6.45, 7) is 0. The number of imide groups is 1. The number of fused-ring (bicyclic) bond motifs is 1. The number of carboxylic acids is 1. The minimum Gasteiger partial charge on any atom is -0.481 e. The molecular formula is C14H13N3O4. The van der Waals surface area contributed by atoms with E-state index >= 15 is 0 Å². The molecule has 108 valence electrons. The second-order valence-electron chi connectivity index (χ2n) is 4.28. The van der Waals surface area contributed by atoms with Crippen molar-refractivity contribution in [2.24, 2.45) is 0 Å². The first-order valence-corrected chi connectivity index (χ1v) is 6.22. The van der Waals surface area contributed by atoms with Crippen molar-refractivity contribution in [1.82, 2.24) is 10.3 Å². The third kappa shape index (κ3) is 4.00. The molecule has 0 aliphatic rings. The number of benzene rings is 1. The molecule has 7 nitrogen and oxygen atoms in total. The standard InChI is InChI=1S/C14H13N3O4/c18-11(6-7-12(19)20)17-14(21)16-10-5-1-3-9-4-2-8-15-13(9)10/h1-5,8H,6-7H2,(H,19,20)(H2,16,17,18,21). The van der Waals surface area contributed by atoms with E-state index < -0.39 is 17.9 Å². The highest BCUT2D eigenvalue weighted by Crippen LogP contribution is 2.20. The van der Waals surface area contributed by atoms with Crippen molar-refractivity contribution in [2.75, 3.05) is 5.32 Å². The number of nitrogens with one attached hydrogen (secondary N) is 2. The fourth-order valence-electron chi connectivity index (χ4n) is 1.77. The maximum absolute atomic E-state index is 11.7. The van der Waals surface area contributed by atoms with Gasteiger partial charge in [-0.25, -0.2) is 4.79 Å². The van der Waals surface area contributed by atoms with E-state index in [9.17, 15) is 14.4 Å². The van der Waals surface area contributed by atoms with Gasteiger partial charge in [0.2, 0.25) is 5.91 Å². The van der Waals surface area contributed by atoms with Crippen LogP contribution >= 0.6 is 0 Å². The number of amides is 3. The Hall–Kier alpha value is -2.96. The first-order chi connectivity index (χ1) is 10.1. The summed E-state index contributed by atoms with van der Waals surface area (Å²) in [5.74, 6) is -1.74. The maximum atomic E-state index is 11.7. The number of carbonyl (C=O) groups excluding carboxylic acids is 2. The van der Waals surface area contributed by atoms with Crippen molar-refractivity contribution in [3.8, 4) is 0 Å². The first kappa shape index (κ1) is 14.4. The summed E-state index contributed by atoms with van der Waals surface area (Å²) in [6.07, 6.45) is 1.02. The Morgan fingerprint density at radius 1 is 1.10 bits per heavy atom. The lowest BCUT2D eigenvalue weighted by Gasteiger charge is -2.08. The highest BCUT2D eigenvalue weighted by Gasteiger charge is 2.11. The molecule has 0 radical (unpaired) electrons. The van der Waals surface area contributed by atoms with Crippen molar-refractivity contribution in [3.63, 3.8) is 0 Å². The fraction of sp³-hybridized carbons (Fsp3) is 0.143. The van der Waals surface area contributed by atoms with Crippen molar-refractivity contribution in [1.29, 1.82) is 0 Å². The summed E-state index contributed by atoms with van der Waals surface area (Å²) >= 11 is 0. The van der Waals surface area contributed by atoms with Crippen LogP contribution in [0.15, 0.2) is 36.5 Å². The molecule has 0 atom stereocenters. The highest BCUT2D eigenvalue weighted by molar-refractivity contribution is 6.05. The number of urea groups is 1. The zero-order valence-electron chi connectivity index (χ0n) is 11.0. The molecule has 1 aromatic heterocycles. The number of anilines is 1. The molecule has 1 heterocycles. The average molecular weight is 287 g/mol. The number of carboxylic acid groups (broad SMARTS) is 1. The summed E-state index contributed by atoms with van der Waals surface area (Å²) in [4.78, 5) is 37.6. The van der Waals surface area contributed by atoms with E-state index in [0.717, 1.165) is 5.39 Å². The van der Waals surface area contributed by atoms with Crippen LogP contribution in [-0.2, 0) is 9.59 Å². The van der Waals surface area contributed by atoms with Crippen LogP contribution in [-0.4, -0.2) is 28.0 Å². The Labute approximate surface area is 120 Å². The molecule has 0 unspecified atom stereocenters. The number of aromatic nitrogens is 1. The van der Waals surface area contributed by atoms with Gasteiger partial charge in [0.25, 0.3) is 0 Å². The number of carbonyl (C=O) groups is 3. The Balaban J connectivity index is 2.02. The molecular weight excluding hydrogens is 274 g/mol. The van der Waals surface area contributed by atoms with Gasteiger partial charge in [0, 0.05) is 18.0 Å². The van der Waals surface area contributed by atoms with E-state index in [0.29, 0.717) is 11.2 Å². The molecule has 0 aliphatic heterocycles. The minimum atomic E-state index is -1.09. The molecule has 0 aliphatic carbocycles. The Bertz CT molecular complexity index is 694. The van der Waals surface area contributed by atoms with Gasteiger partial charge in [-0.15, -0.1) is 0 Å². The number of nitrogens with zero attached hydrogens (tertiary/aromatic N) is 1. The molecule has 3 amide bonds. The molecule has 0 saturated carbocycles. The van der Waals surface area contributed by atoms with Crippen LogP contribution in [0.5, 0.6) is 0 Å². The van der Waals surface area contributed by atoms with E-state index in [-0.39, 0.29) is 12.8 Å². The summed E-state index contributed by atoms with van der Waals surface area (Å²) in [5.41, 5.74) is 1.07. The van der Waals surface area contributed by atoms with Crippen LogP contribution in [0, 0.1) is 0 Å². The number of aliphatic carboxylic acids is 1. The molecule has 7 heteroatoms. The number of hydrogen-bond acceptors (Lipinski definition) is 4. The average Bonchev–Trinajstić information content (AvgIpc) is 2.45. The largest absolute Gasteiger partial charge is 0.481 e. The Morgan fingerprint density at radius 3 is 2.62 bits per heavy atom. The lowest BCUT2D eigenvalue weighted by atomic mass is 10.2. The van der Waals surface area contributed by atoms with Crippen LogP contribution in [0.25, 0.3) is 10.9 Å². The summed E-state index contributed by atoms with van der Waals surface area (Å²) in [6, 6.07) is 8.18. The molecule has 1 aromatic carbocycles. The van der Waals surface area contributed by atoms with Crippen molar-refractivity contribution in [3.05, 3.63) is 36.5 Å². The third-order valence-electron chi connectivity index (χ3n) is 2.70. The van der Waals surface area contributed by atoms with E-state index in [1.807, 2.05) is 12.1 Å². The van der Waals surface area contributed by atoms with Gasteiger partial charge in [0.1, 0.15) is 0 Å². The minimum absolute atomic E-state index is 0.253. The number of rotatable bonds is 4. The summed E-state index contributed by atoms with van der Waals surface area (Å²) < 4.78 is 0. The lowest BCUT2D eigenvalue weighted by molar-refractivity contribution is -0.138. The van der Waals surface area contributed by atoms with Gasteiger partial charge in [0.15, 0.2) is 0 Å². The number of hydrogen-bond donors (Lipinski definition) is 3. The maximum Gasteiger partial charge on any atom is 0.325 e. The van der Waals surface area contributed by atoms with Gasteiger partial charge in [-0.1, -0.05) is 18.2 Å². The van der Waals surface area contributed by atoms with Gasteiger partial charge >= 0.3 is 12.0 Å². The van der Waals surface area contributed by atoms with E-state index in [4.69, 9.17) is 5.11 Å². The summed E-state index contributed by atoms with van der Waals surface area (Å²) in [7, 11) is 0. The Kier molecular flexibility index (Phi) is 4.45. The second-order valence-corrected chi connectivity index (χ2v) is 4.28. The van der Waals surface area contributed by atoms with Crippen LogP contribution in [0.2, 0.25) is 0 Å². The Morgan fingerprint density at radius 2 is 1.86 bits per heavy atom. The first-order valence-electron chi connectivity index (χ1n) is 6.22. The molecule has 21 heavy (non-hydrogen) atoms. The topological polar surface area (TPSA) is 108 Å². The van der Waals surface area contributed by atoms with Gasteiger partial charge in [-0.3, -0.25) is 19.9 Å². The van der Waals surface area contributed by atoms with E-state index in [2.05, 4.69) is 15.6 Å². The van der Waals surface area contributed by atoms with Gasteiger partial charge in [0.05, 0.1) is 17.6 Å². The quantitative estimate of drug-likeness (QED) is 0.793. The smallest absolute Gasteiger partial charge is 0.325 e. The van der Waals surface area contributed by atoms with Crippen LogP contribution in [0.3, 0.4) is 0 Å². The molecule has 2 aromatic rings. The van der Waals surface area contributed by atoms with E-state index in [1.165, 1.54) is 0 Å². The molecule has 3 N–H and O–H groups in total. The zero-order valence-corrected chi connectivity index (χ0v) is 11.0. The number of pyridine rings is 1.